The standard InChI is InChI=1S/C22H20F3N3O3/c1-13-5-6-15(10-14(13)2)27-20(29)12-26-18-8-7-16(11-17(18)22(23,24)25)28-21(30)19-4-3-9-31-19/h3-11,26H,12H2,1-2H3,(H,27,29)(H,28,30). The van der Waals surface area contributed by atoms with Gasteiger partial charge in [-0.15, -0.1) is 0 Å². The lowest BCUT2D eigenvalue weighted by Crippen LogP contribution is -2.23. The molecule has 0 saturated heterocycles. The van der Waals surface area contributed by atoms with Crippen LogP contribution in [0.4, 0.5) is 30.2 Å². The number of hydrogen-bond donors (Lipinski definition) is 3. The number of rotatable bonds is 6. The largest absolute Gasteiger partial charge is 0.459 e. The van der Waals surface area contributed by atoms with Crippen LogP contribution in [-0.2, 0) is 11.0 Å². The van der Waals surface area contributed by atoms with Gasteiger partial charge < -0.3 is 20.4 Å². The van der Waals surface area contributed by atoms with E-state index in [-0.39, 0.29) is 23.7 Å². The van der Waals surface area contributed by atoms with Crippen LogP contribution in [0.5, 0.6) is 0 Å². The topological polar surface area (TPSA) is 83.4 Å². The molecule has 0 atom stereocenters. The maximum Gasteiger partial charge on any atom is 0.418 e. The average Bonchev–Trinajstić information content (AvgIpc) is 3.24. The van der Waals surface area contributed by atoms with Crippen LogP contribution < -0.4 is 16.0 Å². The normalized spacial score (nSPS) is 11.1. The summed E-state index contributed by atoms with van der Waals surface area (Å²) < 4.78 is 45.5. The first kappa shape index (κ1) is 21.9. The second kappa shape index (κ2) is 8.95. The first-order valence-electron chi connectivity index (χ1n) is 9.30. The maximum absolute atomic E-state index is 13.5. The molecule has 3 aromatic rings. The van der Waals surface area contributed by atoms with E-state index in [4.69, 9.17) is 4.42 Å². The number of amides is 2. The Hall–Kier alpha value is -3.75. The fourth-order valence-electron chi connectivity index (χ4n) is 2.81. The number of carbonyl (C=O) groups is 2. The molecule has 0 radical (unpaired) electrons. The molecule has 162 valence electrons. The minimum absolute atomic E-state index is 0.0289. The molecule has 0 unspecified atom stereocenters. The van der Waals surface area contributed by atoms with Gasteiger partial charge in [0.25, 0.3) is 5.91 Å². The summed E-state index contributed by atoms with van der Waals surface area (Å²) in [5, 5.41) is 7.50. The highest BCUT2D eigenvalue weighted by atomic mass is 19.4. The zero-order valence-corrected chi connectivity index (χ0v) is 16.8. The van der Waals surface area contributed by atoms with E-state index in [1.165, 1.54) is 24.5 Å². The van der Waals surface area contributed by atoms with E-state index >= 15 is 0 Å². The van der Waals surface area contributed by atoms with Gasteiger partial charge in [0.1, 0.15) is 0 Å². The summed E-state index contributed by atoms with van der Waals surface area (Å²) in [6.07, 6.45) is -3.41. The Kier molecular flexibility index (Phi) is 6.33. The van der Waals surface area contributed by atoms with Gasteiger partial charge >= 0.3 is 6.18 Å². The molecule has 0 bridgehead atoms. The lowest BCUT2D eigenvalue weighted by atomic mass is 10.1. The van der Waals surface area contributed by atoms with Crippen LogP contribution in [0, 0.1) is 13.8 Å². The van der Waals surface area contributed by atoms with Crippen molar-refractivity contribution in [3.63, 3.8) is 0 Å². The third-order valence-corrected chi connectivity index (χ3v) is 4.56. The van der Waals surface area contributed by atoms with E-state index in [9.17, 15) is 22.8 Å². The van der Waals surface area contributed by atoms with E-state index in [1.807, 2.05) is 19.9 Å². The molecule has 1 aromatic heterocycles. The first-order chi connectivity index (χ1) is 14.6. The van der Waals surface area contributed by atoms with E-state index in [2.05, 4.69) is 16.0 Å². The van der Waals surface area contributed by atoms with Gasteiger partial charge in [-0.05, 0) is 67.4 Å². The molecular weight excluding hydrogens is 411 g/mol. The molecule has 0 aliphatic heterocycles. The molecule has 0 aliphatic carbocycles. The van der Waals surface area contributed by atoms with Crippen LogP contribution in [0.15, 0.2) is 59.2 Å². The minimum Gasteiger partial charge on any atom is -0.459 e. The highest BCUT2D eigenvalue weighted by molar-refractivity contribution is 6.02. The van der Waals surface area contributed by atoms with Gasteiger partial charge in [-0.1, -0.05) is 6.07 Å². The van der Waals surface area contributed by atoms with Crippen molar-refractivity contribution in [3.8, 4) is 0 Å². The van der Waals surface area contributed by atoms with Gasteiger partial charge in [-0.3, -0.25) is 9.59 Å². The molecule has 3 N–H and O–H groups in total. The third kappa shape index (κ3) is 5.65. The predicted molar refractivity (Wildman–Crippen MR) is 111 cm³/mol. The number of carbonyl (C=O) groups excluding carboxylic acids is 2. The molecule has 6 nitrogen and oxygen atoms in total. The van der Waals surface area contributed by atoms with Crippen molar-refractivity contribution >= 4 is 28.9 Å². The van der Waals surface area contributed by atoms with Gasteiger partial charge in [-0.25, -0.2) is 0 Å². The van der Waals surface area contributed by atoms with Crippen LogP contribution >= 0.6 is 0 Å². The second-order valence-electron chi connectivity index (χ2n) is 6.89. The number of alkyl halides is 3. The van der Waals surface area contributed by atoms with Gasteiger partial charge in [-0.2, -0.15) is 13.2 Å². The zero-order valence-electron chi connectivity index (χ0n) is 16.8. The van der Waals surface area contributed by atoms with E-state index < -0.39 is 23.6 Å². The number of nitrogens with one attached hydrogen (secondary N) is 3. The SMILES string of the molecule is Cc1ccc(NC(=O)CNc2ccc(NC(=O)c3ccco3)cc2C(F)(F)F)cc1C. The van der Waals surface area contributed by atoms with Crippen LogP contribution in [0.25, 0.3) is 0 Å². The Morgan fingerprint density at radius 2 is 1.65 bits per heavy atom. The maximum atomic E-state index is 13.5. The van der Waals surface area contributed by atoms with E-state index in [1.54, 1.807) is 12.1 Å². The minimum atomic E-state index is -4.70. The van der Waals surface area contributed by atoms with Crippen molar-refractivity contribution < 1.29 is 27.2 Å². The van der Waals surface area contributed by atoms with E-state index in [0.29, 0.717) is 5.69 Å². The van der Waals surface area contributed by atoms with Crippen molar-refractivity contribution in [1.29, 1.82) is 0 Å². The third-order valence-electron chi connectivity index (χ3n) is 4.56. The number of halogens is 3. The summed E-state index contributed by atoms with van der Waals surface area (Å²) in [4.78, 5) is 24.2. The molecule has 31 heavy (non-hydrogen) atoms. The monoisotopic (exact) mass is 431 g/mol. The summed E-state index contributed by atoms with van der Waals surface area (Å²) in [6, 6.07) is 11.5. The first-order valence-corrected chi connectivity index (χ1v) is 9.30. The van der Waals surface area contributed by atoms with Crippen LogP contribution in [0.3, 0.4) is 0 Å². The zero-order chi connectivity index (χ0) is 22.6. The Labute approximate surface area is 176 Å². The fraction of sp³-hybridized carbons (Fsp3) is 0.182. The summed E-state index contributed by atoms with van der Waals surface area (Å²) >= 11 is 0. The molecular formula is C22H20F3N3O3. The number of hydrogen-bond acceptors (Lipinski definition) is 4. The van der Waals surface area contributed by atoms with Crippen molar-refractivity contribution in [3.05, 3.63) is 77.2 Å². The van der Waals surface area contributed by atoms with Crippen LogP contribution in [0.1, 0.15) is 27.2 Å². The van der Waals surface area contributed by atoms with E-state index in [0.717, 1.165) is 23.3 Å². The molecule has 2 aromatic carbocycles. The van der Waals surface area contributed by atoms with Gasteiger partial charge in [0.2, 0.25) is 5.91 Å². The average molecular weight is 431 g/mol. The van der Waals surface area contributed by atoms with Gasteiger partial charge in [0.15, 0.2) is 5.76 Å². The van der Waals surface area contributed by atoms with Crippen molar-refractivity contribution in [2.75, 3.05) is 22.5 Å². The fourth-order valence-corrected chi connectivity index (χ4v) is 2.81. The lowest BCUT2D eigenvalue weighted by molar-refractivity contribution is -0.137. The highest BCUT2D eigenvalue weighted by Crippen LogP contribution is 2.36. The Morgan fingerprint density at radius 3 is 2.29 bits per heavy atom. The summed E-state index contributed by atoms with van der Waals surface area (Å²) in [5.74, 6) is -1.20. The summed E-state index contributed by atoms with van der Waals surface area (Å²) in [5.41, 5.74) is 1.26. The molecule has 0 aliphatic rings. The molecule has 0 fully saturated rings. The molecule has 1 heterocycles. The van der Waals surface area contributed by atoms with Crippen molar-refractivity contribution in [1.82, 2.24) is 0 Å². The molecule has 3 rings (SSSR count). The van der Waals surface area contributed by atoms with Crippen LogP contribution in [-0.4, -0.2) is 18.4 Å². The molecule has 0 saturated carbocycles. The lowest BCUT2D eigenvalue weighted by Gasteiger charge is -2.16. The Bertz CT molecular complexity index is 1090. The van der Waals surface area contributed by atoms with Crippen LogP contribution in [0.2, 0.25) is 0 Å². The van der Waals surface area contributed by atoms with Gasteiger partial charge in [0.05, 0.1) is 18.4 Å². The van der Waals surface area contributed by atoms with Crippen molar-refractivity contribution in [2.24, 2.45) is 0 Å². The van der Waals surface area contributed by atoms with Crippen molar-refractivity contribution in [2.45, 2.75) is 20.0 Å². The number of furan rings is 1. The summed E-state index contributed by atoms with van der Waals surface area (Å²) in [7, 11) is 0. The Balaban J connectivity index is 1.70. The molecule has 9 heteroatoms. The number of anilines is 3. The Morgan fingerprint density at radius 1 is 0.935 bits per heavy atom. The smallest absolute Gasteiger partial charge is 0.418 e. The second-order valence-corrected chi connectivity index (χ2v) is 6.89. The summed E-state index contributed by atoms with van der Waals surface area (Å²) in [6.45, 7) is 3.46. The predicted octanol–water partition coefficient (Wildman–Crippen LogP) is 5.22. The molecule has 0 spiro atoms. The number of benzene rings is 2. The van der Waals surface area contributed by atoms with Gasteiger partial charge in [0, 0.05) is 17.1 Å². The highest BCUT2D eigenvalue weighted by Gasteiger charge is 2.34. The number of aryl methyl sites for hydroxylation is 2. The molecule has 2 amide bonds. The quantitative estimate of drug-likeness (QED) is 0.500.